The average Bonchev–Trinajstić information content (AvgIpc) is 3.36. The van der Waals surface area contributed by atoms with Crippen molar-refractivity contribution >= 4 is 11.9 Å². The summed E-state index contributed by atoms with van der Waals surface area (Å²) in [7, 11) is 1.39. The van der Waals surface area contributed by atoms with Crippen molar-refractivity contribution in [3.63, 3.8) is 0 Å². The van der Waals surface area contributed by atoms with Crippen LogP contribution in [0.4, 0.5) is 0 Å². The molecule has 2 aliphatic heterocycles. The fourth-order valence-corrected chi connectivity index (χ4v) is 3.38. The summed E-state index contributed by atoms with van der Waals surface area (Å²) in [6.07, 6.45) is 1.41. The van der Waals surface area contributed by atoms with E-state index in [4.69, 9.17) is 18.7 Å². The zero-order valence-electron chi connectivity index (χ0n) is 15.0. The Morgan fingerprint density at radius 1 is 1.19 bits per heavy atom. The monoisotopic (exact) mass is 372 g/mol. The van der Waals surface area contributed by atoms with Crippen LogP contribution in [0, 0.1) is 5.92 Å². The molecule has 2 aromatic rings. The zero-order valence-corrected chi connectivity index (χ0v) is 15.0. The van der Waals surface area contributed by atoms with Crippen molar-refractivity contribution in [1.29, 1.82) is 0 Å². The van der Waals surface area contributed by atoms with E-state index in [0.717, 1.165) is 5.56 Å². The molecule has 0 bridgehead atoms. The number of hydrogen-bond acceptors (Lipinski definition) is 7. The molecule has 0 aliphatic carbocycles. The van der Waals surface area contributed by atoms with Crippen LogP contribution in [0.3, 0.4) is 0 Å². The standard InChI is InChI=1S/C19H20N2O6/c1-24-19(23)12-4-6-21(7-5-12)18(22)10-14-9-16(27-20-14)13-2-3-15-17(8-13)26-11-25-15/h2-3,8-9,12H,4-7,10-11H2,1H3. The Labute approximate surface area is 156 Å². The number of methoxy groups -OCH3 is 1. The SMILES string of the molecule is COC(=O)C1CCN(C(=O)Cc2cc(-c3ccc4c(c3)OCO4)on2)CC1. The van der Waals surface area contributed by atoms with Gasteiger partial charge in [-0.3, -0.25) is 9.59 Å². The van der Waals surface area contributed by atoms with E-state index < -0.39 is 0 Å². The molecule has 0 N–H and O–H groups in total. The van der Waals surface area contributed by atoms with Gasteiger partial charge < -0.3 is 23.6 Å². The molecule has 142 valence electrons. The first-order valence-electron chi connectivity index (χ1n) is 8.85. The molecule has 8 nitrogen and oxygen atoms in total. The minimum Gasteiger partial charge on any atom is -0.469 e. The van der Waals surface area contributed by atoms with Gasteiger partial charge >= 0.3 is 5.97 Å². The van der Waals surface area contributed by atoms with Crippen LogP contribution in [-0.4, -0.2) is 48.9 Å². The third kappa shape index (κ3) is 3.60. The van der Waals surface area contributed by atoms with Gasteiger partial charge in [0.25, 0.3) is 0 Å². The summed E-state index contributed by atoms with van der Waals surface area (Å²) in [5, 5.41) is 4.01. The first-order valence-corrected chi connectivity index (χ1v) is 8.85. The molecule has 3 heterocycles. The van der Waals surface area contributed by atoms with Crippen LogP contribution < -0.4 is 9.47 Å². The summed E-state index contributed by atoms with van der Waals surface area (Å²) in [6, 6.07) is 7.26. The Hall–Kier alpha value is -3.03. The van der Waals surface area contributed by atoms with Gasteiger partial charge in [0.15, 0.2) is 17.3 Å². The number of ether oxygens (including phenoxy) is 3. The van der Waals surface area contributed by atoms with Gasteiger partial charge in [-0.2, -0.15) is 0 Å². The van der Waals surface area contributed by atoms with Gasteiger partial charge in [0.1, 0.15) is 0 Å². The number of carbonyl (C=O) groups excluding carboxylic acids is 2. The van der Waals surface area contributed by atoms with E-state index in [-0.39, 0.29) is 31.0 Å². The van der Waals surface area contributed by atoms with Gasteiger partial charge in [-0.05, 0) is 31.0 Å². The van der Waals surface area contributed by atoms with Crippen molar-refractivity contribution in [3.8, 4) is 22.8 Å². The molecule has 1 aromatic carbocycles. The van der Waals surface area contributed by atoms with E-state index in [1.165, 1.54) is 7.11 Å². The topological polar surface area (TPSA) is 91.1 Å². The Kier molecular flexibility index (Phi) is 4.70. The van der Waals surface area contributed by atoms with Crippen LogP contribution in [0.1, 0.15) is 18.5 Å². The van der Waals surface area contributed by atoms with E-state index in [1.807, 2.05) is 18.2 Å². The molecule has 27 heavy (non-hydrogen) atoms. The highest BCUT2D eigenvalue weighted by molar-refractivity contribution is 5.79. The first kappa shape index (κ1) is 17.4. The molecule has 1 amide bonds. The van der Waals surface area contributed by atoms with E-state index in [1.54, 1.807) is 11.0 Å². The highest BCUT2D eigenvalue weighted by Crippen LogP contribution is 2.36. The highest BCUT2D eigenvalue weighted by atomic mass is 16.7. The summed E-state index contributed by atoms with van der Waals surface area (Å²) in [6.45, 7) is 1.30. The van der Waals surface area contributed by atoms with Crippen molar-refractivity contribution in [3.05, 3.63) is 30.0 Å². The Morgan fingerprint density at radius 3 is 2.74 bits per heavy atom. The molecule has 2 aliphatic rings. The van der Waals surface area contributed by atoms with Crippen LogP contribution in [0.15, 0.2) is 28.8 Å². The largest absolute Gasteiger partial charge is 0.469 e. The number of amides is 1. The number of likely N-dealkylation sites (tertiary alicyclic amines) is 1. The zero-order chi connectivity index (χ0) is 18.8. The van der Waals surface area contributed by atoms with Gasteiger partial charge in [-0.1, -0.05) is 5.16 Å². The predicted molar refractivity (Wildman–Crippen MR) is 93.1 cm³/mol. The number of fused-ring (bicyclic) bond motifs is 1. The van der Waals surface area contributed by atoms with Crippen LogP contribution in [0.5, 0.6) is 11.5 Å². The number of hydrogen-bond donors (Lipinski definition) is 0. The maximum Gasteiger partial charge on any atom is 0.308 e. The number of benzene rings is 1. The lowest BCUT2D eigenvalue weighted by Crippen LogP contribution is -2.41. The third-order valence-electron chi connectivity index (χ3n) is 4.93. The van der Waals surface area contributed by atoms with E-state index >= 15 is 0 Å². The second kappa shape index (κ2) is 7.30. The molecule has 0 atom stereocenters. The highest BCUT2D eigenvalue weighted by Gasteiger charge is 2.28. The molecule has 1 fully saturated rings. The number of nitrogens with zero attached hydrogens (tertiary/aromatic N) is 2. The number of esters is 1. The van der Waals surface area contributed by atoms with Gasteiger partial charge in [0, 0.05) is 24.7 Å². The number of piperidine rings is 1. The summed E-state index contributed by atoms with van der Waals surface area (Å²) in [5.74, 6) is 1.58. The predicted octanol–water partition coefficient (Wildman–Crippen LogP) is 2.02. The fraction of sp³-hybridized carbons (Fsp3) is 0.421. The molecule has 0 saturated carbocycles. The van der Waals surface area contributed by atoms with Crippen molar-refractivity contribution in [1.82, 2.24) is 10.1 Å². The Morgan fingerprint density at radius 2 is 1.96 bits per heavy atom. The average molecular weight is 372 g/mol. The van der Waals surface area contributed by atoms with Gasteiger partial charge in [-0.25, -0.2) is 0 Å². The van der Waals surface area contributed by atoms with Gasteiger partial charge in [0.2, 0.25) is 12.7 Å². The lowest BCUT2D eigenvalue weighted by Gasteiger charge is -2.30. The Bertz CT molecular complexity index is 854. The molecule has 0 radical (unpaired) electrons. The minimum absolute atomic E-state index is 0.0242. The number of rotatable bonds is 4. The molecule has 1 aromatic heterocycles. The fourth-order valence-electron chi connectivity index (χ4n) is 3.38. The van der Waals surface area contributed by atoms with Crippen LogP contribution in [-0.2, 0) is 20.7 Å². The summed E-state index contributed by atoms with van der Waals surface area (Å²) < 4.78 is 20.8. The second-order valence-electron chi connectivity index (χ2n) is 6.61. The van der Waals surface area contributed by atoms with Crippen LogP contribution in [0.25, 0.3) is 11.3 Å². The van der Waals surface area contributed by atoms with Crippen molar-refractivity contribution in [2.24, 2.45) is 5.92 Å². The normalized spacial score (nSPS) is 16.4. The second-order valence-corrected chi connectivity index (χ2v) is 6.61. The number of aromatic nitrogens is 1. The summed E-state index contributed by atoms with van der Waals surface area (Å²) in [5.41, 5.74) is 1.38. The van der Waals surface area contributed by atoms with E-state index in [9.17, 15) is 9.59 Å². The van der Waals surface area contributed by atoms with E-state index in [2.05, 4.69) is 5.16 Å². The van der Waals surface area contributed by atoms with Crippen molar-refractivity contribution in [2.45, 2.75) is 19.3 Å². The quantitative estimate of drug-likeness (QED) is 0.758. The molecule has 1 saturated heterocycles. The lowest BCUT2D eigenvalue weighted by molar-refractivity contribution is -0.148. The molecule has 0 unspecified atom stereocenters. The first-order chi connectivity index (χ1) is 13.1. The lowest BCUT2D eigenvalue weighted by atomic mass is 9.97. The van der Waals surface area contributed by atoms with Gasteiger partial charge in [-0.15, -0.1) is 0 Å². The Balaban J connectivity index is 1.37. The minimum atomic E-state index is -0.202. The van der Waals surface area contributed by atoms with Crippen LogP contribution >= 0.6 is 0 Å². The molecule has 8 heteroatoms. The summed E-state index contributed by atoms with van der Waals surface area (Å²) in [4.78, 5) is 25.8. The van der Waals surface area contributed by atoms with Crippen molar-refractivity contribution < 1.29 is 28.3 Å². The maximum absolute atomic E-state index is 12.5. The van der Waals surface area contributed by atoms with Gasteiger partial charge in [0.05, 0.1) is 25.1 Å². The molecular formula is C19H20N2O6. The molecular weight excluding hydrogens is 352 g/mol. The number of carbonyl (C=O) groups is 2. The molecule has 4 rings (SSSR count). The third-order valence-corrected chi connectivity index (χ3v) is 4.93. The smallest absolute Gasteiger partial charge is 0.308 e. The van der Waals surface area contributed by atoms with Crippen molar-refractivity contribution in [2.75, 3.05) is 27.0 Å². The summed E-state index contributed by atoms with van der Waals surface area (Å²) >= 11 is 0. The molecule has 0 spiro atoms. The maximum atomic E-state index is 12.5. The van der Waals surface area contributed by atoms with Crippen LogP contribution in [0.2, 0.25) is 0 Å². The van der Waals surface area contributed by atoms with E-state index in [0.29, 0.717) is 48.9 Å².